The van der Waals surface area contributed by atoms with E-state index in [0.29, 0.717) is 19.3 Å². The highest BCUT2D eigenvalue weighted by Gasteiger charge is 2.67. The molecule has 34 heavy (non-hydrogen) atoms. The molecule has 0 aromatic heterocycles. The molecule has 6 atom stereocenters. The largest absolute Gasteiger partial charge is 0.481 e. The summed E-state index contributed by atoms with van der Waals surface area (Å²) in [7, 11) is 0. The first-order valence-corrected chi connectivity index (χ1v) is 12.6. The van der Waals surface area contributed by atoms with Crippen LogP contribution in [0.15, 0.2) is 58.7 Å². The van der Waals surface area contributed by atoms with Crippen LogP contribution in [0, 0.1) is 28.1 Å². The summed E-state index contributed by atoms with van der Waals surface area (Å²) in [5, 5.41) is 20.8. The molecule has 3 aliphatic rings. The number of rotatable bonds is 5. The summed E-state index contributed by atoms with van der Waals surface area (Å²) in [4.78, 5) is 25.7. The van der Waals surface area contributed by atoms with Crippen LogP contribution in [-0.4, -0.2) is 28.1 Å². The van der Waals surface area contributed by atoms with Gasteiger partial charge >= 0.3 is 5.97 Å². The Morgan fingerprint density at radius 3 is 2.21 bits per heavy atom. The van der Waals surface area contributed by atoms with Gasteiger partial charge in [0.1, 0.15) is 0 Å². The minimum atomic E-state index is -1.17. The van der Waals surface area contributed by atoms with E-state index in [2.05, 4.69) is 52.8 Å². The summed E-state index contributed by atoms with van der Waals surface area (Å²) in [6, 6.07) is 0. The molecule has 0 unspecified atom stereocenters. The van der Waals surface area contributed by atoms with Crippen molar-refractivity contribution in [1.82, 2.24) is 0 Å². The van der Waals surface area contributed by atoms with Gasteiger partial charge in [0.2, 0.25) is 0 Å². The molecule has 0 saturated heterocycles. The number of aliphatic hydroxyl groups is 1. The summed E-state index contributed by atoms with van der Waals surface area (Å²) in [5.74, 6) is -0.760. The van der Waals surface area contributed by atoms with Gasteiger partial charge in [-0.25, -0.2) is 0 Å². The molecular weight excluding hydrogens is 424 g/mol. The fourth-order valence-corrected chi connectivity index (χ4v) is 7.43. The molecule has 186 valence electrons. The van der Waals surface area contributed by atoms with Gasteiger partial charge in [0.15, 0.2) is 5.78 Å². The molecule has 4 nitrogen and oxygen atoms in total. The number of aliphatic carboxylic acids is 1. The molecule has 2 N–H and O–H groups in total. The number of allylic oxidation sites excluding steroid dienone is 10. The summed E-state index contributed by atoms with van der Waals surface area (Å²) >= 11 is 0. The third-order valence-electron chi connectivity index (χ3n) is 9.27. The lowest BCUT2D eigenvalue weighted by Crippen LogP contribution is -2.61. The molecule has 0 aromatic carbocycles. The van der Waals surface area contributed by atoms with Crippen LogP contribution in [0.25, 0.3) is 0 Å². The van der Waals surface area contributed by atoms with Crippen molar-refractivity contribution in [2.75, 3.05) is 0 Å². The first-order chi connectivity index (χ1) is 15.8. The van der Waals surface area contributed by atoms with Crippen LogP contribution >= 0.6 is 0 Å². The first-order valence-electron chi connectivity index (χ1n) is 12.6. The maximum atomic E-state index is 13.4. The van der Waals surface area contributed by atoms with E-state index in [1.165, 1.54) is 5.57 Å². The van der Waals surface area contributed by atoms with Gasteiger partial charge in [-0.05, 0) is 83.1 Å². The molecule has 0 spiro atoms. The average Bonchev–Trinajstić information content (AvgIpc) is 3.02. The van der Waals surface area contributed by atoms with Crippen LogP contribution in [0.5, 0.6) is 0 Å². The molecule has 3 fully saturated rings. The zero-order valence-electron chi connectivity index (χ0n) is 21.9. The van der Waals surface area contributed by atoms with E-state index in [9.17, 15) is 19.8 Å². The highest BCUT2D eigenvalue weighted by molar-refractivity contribution is 6.01. The molecule has 0 bridgehead atoms. The minimum absolute atomic E-state index is 0.0973. The lowest BCUT2D eigenvalue weighted by atomic mass is 9.43. The van der Waals surface area contributed by atoms with E-state index >= 15 is 0 Å². The van der Waals surface area contributed by atoms with Crippen molar-refractivity contribution in [3.8, 4) is 0 Å². The van der Waals surface area contributed by atoms with Crippen molar-refractivity contribution in [1.29, 1.82) is 0 Å². The Hall–Kier alpha value is -2.20. The number of carbonyl (C=O) groups excluding carboxylic acids is 1. The predicted molar refractivity (Wildman–Crippen MR) is 137 cm³/mol. The number of carbonyl (C=O) groups is 2. The Kier molecular flexibility index (Phi) is 7.34. The highest BCUT2D eigenvalue weighted by Crippen LogP contribution is 2.69. The Labute approximate surface area is 205 Å². The zero-order chi connectivity index (χ0) is 25.5. The summed E-state index contributed by atoms with van der Waals surface area (Å²) in [6.07, 6.45) is 14.6. The second kappa shape index (κ2) is 9.45. The quantitative estimate of drug-likeness (QED) is 0.354. The molecule has 0 amide bonds. The third-order valence-corrected chi connectivity index (χ3v) is 9.27. The molecule has 0 aliphatic heterocycles. The number of Topliss-reactive ketones (excluding diaryl/α,β-unsaturated/α-hetero) is 1. The predicted octanol–water partition coefficient (Wildman–Crippen LogP) is 6.59. The second-order valence-corrected chi connectivity index (χ2v) is 11.8. The fourth-order valence-electron chi connectivity index (χ4n) is 7.43. The maximum Gasteiger partial charge on any atom is 0.312 e. The second-order valence-electron chi connectivity index (χ2n) is 11.8. The van der Waals surface area contributed by atoms with Crippen molar-refractivity contribution in [3.63, 3.8) is 0 Å². The lowest BCUT2D eigenvalue weighted by Gasteiger charge is -2.61. The number of ketones is 1. The smallest absolute Gasteiger partial charge is 0.312 e. The van der Waals surface area contributed by atoms with E-state index < -0.39 is 17.5 Å². The van der Waals surface area contributed by atoms with Crippen molar-refractivity contribution in [2.45, 2.75) is 86.7 Å². The number of aliphatic hydroxyl groups excluding tert-OH is 1. The normalized spacial score (nSPS) is 39.8. The van der Waals surface area contributed by atoms with Gasteiger partial charge < -0.3 is 10.2 Å². The lowest BCUT2D eigenvalue weighted by molar-refractivity contribution is -0.194. The van der Waals surface area contributed by atoms with Crippen LogP contribution in [0.4, 0.5) is 0 Å². The van der Waals surface area contributed by atoms with E-state index in [1.807, 2.05) is 25.2 Å². The molecule has 0 radical (unpaired) electrons. The molecule has 0 heterocycles. The van der Waals surface area contributed by atoms with Gasteiger partial charge in [0, 0.05) is 17.4 Å². The van der Waals surface area contributed by atoms with E-state index in [0.717, 1.165) is 29.6 Å². The number of carboxylic acids is 1. The van der Waals surface area contributed by atoms with Crippen molar-refractivity contribution >= 4 is 11.8 Å². The molecule has 4 heteroatoms. The zero-order valence-corrected chi connectivity index (χ0v) is 21.9. The molecular formula is C30H42O4. The van der Waals surface area contributed by atoms with Crippen LogP contribution in [0.2, 0.25) is 0 Å². The number of fused-ring (bicyclic) bond motifs is 3. The van der Waals surface area contributed by atoms with Crippen molar-refractivity contribution < 1.29 is 19.8 Å². The van der Waals surface area contributed by atoms with E-state index in [-0.39, 0.29) is 28.4 Å². The first kappa shape index (κ1) is 26.4. The Morgan fingerprint density at radius 1 is 0.941 bits per heavy atom. The summed E-state index contributed by atoms with van der Waals surface area (Å²) in [5.41, 5.74) is 2.60. The van der Waals surface area contributed by atoms with Crippen molar-refractivity contribution in [3.05, 3.63) is 58.7 Å². The Bertz CT molecular complexity index is 1000. The standard InChI is InChI=1S/C30H42O4/c1-19(2)10-8-11-20(3)12-9-13-21(4)26-22(31)18-24-28(5)17-15-25(32)30(7,27(33)34)23(28)14-16-29(24,26)6/h8-13,23-25,32H,14-18H2,1-7H3,(H,33,34)/b11-8+,13-9?,20-12?,26-21?/t23-,24+,25-,28+,29+,30-/m1/s1. The third kappa shape index (κ3) is 4.30. The molecule has 3 rings (SSSR count). The Morgan fingerprint density at radius 2 is 1.59 bits per heavy atom. The number of carboxylic acid groups (broad SMARTS) is 1. The number of hydrogen-bond acceptors (Lipinski definition) is 3. The summed E-state index contributed by atoms with van der Waals surface area (Å²) < 4.78 is 0. The van der Waals surface area contributed by atoms with Gasteiger partial charge in [-0.2, -0.15) is 0 Å². The fraction of sp³-hybridized carbons (Fsp3) is 0.600. The van der Waals surface area contributed by atoms with Crippen LogP contribution < -0.4 is 0 Å². The maximum absolute atomic E-state index is 13.4. The minimum Gasteiger partial charge on any atom is -0.481 e. The highest BCUT2D eigenvalue weighted by atomic mass is 16.4. The molecule has 0 aromatic rings. The Balaban J connectivity index is 1.93. The number of hydrogen-bond donors (Lipinski definition) is 2. The van der Waals surface area contributed by atoms with Crippen LogP contribution in [0.1, 0.15) is 80.6 Å². The van der Waals surface area contributed by atoms with E-state index in [4.69, 9.17) is 0 Å². The van der Waals surface area contributed by atoms with Crippen molar-refractivity contribution in [2.24, 2.45) is 28.1 Å². The van der Waals surface area contributed by atoms with Gasteiger partial charge in [-0.3, -0.25) is 9.59 Å². The SMILES string of the molecule is CC(C)=C/C=C/C(C)=CC=CC(C)=C1C(=O)C[C@H]2[C@@]3(C)CC[C@@H](O)[C@](C)(C(=O)O)[C@@H]3CC[C@]12C. The van der Waals surface area contributed by atoms with Gasteiger partial charge in [0.05, 0.1) is 11.5 Å². The topological polar surface area (TPSA) is 74.6 Å². The van der Waals surface area contributed by atoms with E-state index in [1.54, 1.807) is 6.92 Å². The van der Waals surface area contributed by atoms with Gasteiger partial charge in [-0.1, -0.05) is 61.4 Å². The average molecular weight is 467 g/mol. The summed E-state index contributed by atoms with van der Waals surface area (Å²) in [6.45, 7) is 14.3. The van der Waals surface area contributed by atoms with Gasteiger partial charge in [0.25, 0.3) is 0 Å². The molecule has 3 aliphatic carbocycles. The van der Waals surface area contributed by atoms with Gasteiger partial charge in [-0.15, -0.1) is 0 Å². The van der Waals surface area contributed by atoms with Crippen LogP contribution in [-0.2, 0) is 9.59 Å². The molecule has 3 saturated carbocycles. The van der Waals surface area contributed by atoms with Crippen LogP contribution in [0.3, 0.4) is 0 Å². The monoisotopic (exact) mass is 466 g/mol.